The Kier molecular flexibility index (Phi) is 2.44. The minimum atomic E-state index is -0.0313. The third-order valence-electron chi connectivity index (χ3n) is 1.66. The van der Waals surface area contributed by atoms with Crippen LogP contribution in [0.15, 0.2) is 18.3 Å². The fraction of sp³-hybridized carbons (Fsp3) is 0.375. The van der Waals surface area contributed by atoms with E-state index in [9.17, 15) is 0 Å². The van der Waals surface area contributed by atoms with Crippen LogP contribution in [0.1, 0.15) is 25.1 Å². The van der Waals surface area contributed by atoms with Crippen LogP contribution in [-0.4, -0.2) is 4.98 Å². The van der Waals surface area contributed by atoms with Crippen LogP contribution in [0.2, 0.25) is 0 Å². The van der Waals surface area contributed by atoms with Gasteiger partial charge in [0.1, 0.15) is 0 Å². The molecule has 3 heteroatoms. The van der Waals surface area contributed by atoms with Gasteiger partial charge in [0, 0.05) is 12.2 Å². The number of anilines is 1. The number of nitrogen functional groups attached to an aromatic ring is 1. The van der Waals surface area contributed by atoms with Crippen LogP contribution in [0, 0.1) is 0 Å². The molecule has 0 aliphatic rings. The summed E-state index contributed by atoms with van der Waals surface area (Å²) in [6.07, 6.45) is 2.57. The first-order valence-electron chi connectivity index (χ1n) is 3.71. The standard InChI is InChI=1S/C8H13N3/c1-2-6(9)8-7(10)4-3-5-11-8/h3-6H,2,9-10H2,1H3/t6-/m1/s1. The summed E-state index contributed by atoms with van der Waals surface area (Å²) in [5, 5.41) is 0. The van der Waals surface area contributed by atoms with Crippen LogP contribution in [0.25, 0.3) is 0 Å². The van der Waals surface area contributed by atoms with E-state index < -0.39 is 0 Å². The largest absolute Gasteiger partial charge is 0.397 e. The molecule has 1 heterocycles. The fourth-order valence-corrected chi connectivity index (χ4v) is 0.933. The van der Waals surface area contributed by atoms with Crippen molar-refractivity contribution in [3.05, 3.63) is 24.0 Å². The molecule has 1 aromatic heterocycles. The lowest BCUT2D eigenvalue weighted by Gasteiger charge is -2.09. The van der Waals surface area contributed by atoms with E-state index in [0.29, 0.717) is 5.69 Å². The van der Waals surface area contributed by atoms with Crippen LogP contribution < -0.4 is 11.5 Å². The fourth-order valence-electron chi connectivity index (χ4n) is 0.933. The van der Waals surface area contributed by atoms with Crippen molar-refractivity contribution in [2.24, 2.45) is 5.73 Å². The lowest BCUT2D eigenvalue weighted by molar-refractivity contribution is 0.678. The summed E-state index contributed by atoms with van der Waals surface area (Å²) in [6, 6.07) is 3.59. The highest BCUT2D eigenvalue weighted by Gasteiger charge is 2.06. The molecule has 0 bridgehead atoms. The van der Waals surface area contributed by atoms with Crippen molar-refractivity contribution in [3.63, 3.8) is 0 Å². The topological polar surface area (TPSA) is 64.9 Å². The minimum absolute atomic E-state index is 0.0313. The first-order chi connectivity index (χ1) is 5.25. The maximum atomic E-state index is 5.75. The van der Waals surface area contributed by atoms with E-state index in [-0.39, 0.29) is 6.04 Å². The maximum Gasteiger partial charge on any atom is 0.0799 e. The van der Waals surface area contributed by atoms with Gasteiger partial charge in [0.05, 0.1) is 11.4 Å². The lowest BCUT2D eigenvalue weighted by Crippen LogP contribution is -2.12. The van der Waals surface area contributed by atoms with Gasteiger partial charge in [-0.1, -0.05) is 6.92 Å². The van der Waals surface area contributed by atoms with Crippen molar-refractivity contribution in [2.75, 3.05) is 5.73 Å². The summed E-state index contributed by atoms with van der Waals surface area (Å²) in [5.41, 5.74) is 12.9. The van der Waals surface area contributed by atoms with Gasteiger partial charge in [-0.2, -0.15) is 0 Å². The van der Waals surface area contributed by atoms with Gasteiger partial charge in [0.2, 0.25) is 0 Å². The van der Waals surface area contributed by atoms with Gasteiger partial charge in [-0.3, -0.25) is 4.98 Å². The zero-order valence-corrected chi connectivity index (χ0v) is 6.62. The maximum absolute atomic E-state index is 5.75. The van der Waals surface area contributed by atoms with Crippen molar-refractivity contribution in [3.8, 4) is 0 Å². The smallest absolute Gasteiger partial charge is 0.0799 e. The molecule has 1 rings (SSSR count). The summed E-state index contributed by atoms with van der Waals surface area (Å²) in [7, 11) is 0. The Morgan fingerprint density at radius 3 is 2.91 bits per heavy atom. The number of pyridine rings is 1. The molecule has 0 radical (unpaired) electrons. The second-order valence-electron chi connectivity index (χ2n) is 2.49. The monoisotopic (exact) mass is 151 g/mol. The molecule has 0 aliphatic carbocycles. The Hall–Kier alpha value is -1.09. The average Bonchev–Trinajstić information content (AvgIpc) is 2.04. The number of hydrogen-bond donors (Lipinski definition) is 2. The highest BCUT2D eigenvalue weighted by atomic mass is 14.8. The Balaban J connectivity index is 2.93. The molecule has 0 unspecified atom stereocenters. The first kappa shape index (κ1) is 8.01. The number of rotatable bonds is 2. The van der Waals surface area contributed by atoms with Gasteiger partial charge < -0.3 is 11.5 Å². The second kappa shape index (κ2) is 3.34. The molecule has 0 saturated carbocycles. The molecule has 11 heavy (non-hydrogen) atoms. The third-order valence-corrected chi connectivity index (χ3v) is 1.66. The molecule has 1 aromatic rings. The van der Waals surface area contributed by atoms with Gasteiger partial charge in [0.25, 0.3) is 0 Å². The van der Waals surface area contributed by atoms with Crippen LogP contribution in [0.3, 0.4) is 0 Å². The molecule has 3 nitrogen and oxygen atoms in total. The van der Waals surface area contributed by atoms with E-state index in [4.69, 9.17) is 11.5 Å². The molecule has 1 atom stereocenters. The summed E-state index contributed by atoms with van der Waals surface area (Å²) in [6.45, 7) is 2.01. The van der Waals surface area contributed by atoms with Crippen molar-refractivity contribution in [1.29, 1.82) is 0 Å². The Bertz CT molecular complexity index is 235. The predicted octanol–water partition coefficient (Wildman–Crippen LogP) is 1.07. The second-order valence-corrected chi connectivity index (χ2v) is 2.49. The third kappa shape index (κ3) is 1.68. The minimum Gasteiger partial charge on any atom is -0.397 e. The Labute approximate surface area is 66.4 Å². The van der Waals surface area contributed by atoms with Crippen LogP contribution >= 0.6 is 0 Å². The van der Waals surface area contributed by atoms with E-state index in [1.165, 1.54) is 0 Å². The zero-order valence-electron chi connectivity index (χ0n) is 6.62. The van der Waals surface area contributed by atoms with Crippen molar-refractivity contribution >= 4 is 5.69 Å². The molecule has 4 N–H and O–H groups in total. The van der Waals surface area contributed by atoms with E-state index in [0.717, 1.165) is 12.1 Å². The van der Waals surface area contributed by atoms with Crippen molar-refractivity contribution in [1.82, 2.24) is 4.98 Å². The van der Waals surface area contributed by atoms with Gasteiger partial charge in [-0.25, -0.2) is 0 Å². The highest BCUT2D eigenvalue weighted by Crippen LogP contribution is 2.16. The summed E-state index contributed by atoms with van der Waals surface area (Å²) in [4.78, 5) is 4.10. The number of aromatic nitrogens is 1. The summed E-state index contributed by atoms with van der Waals surface area (Å²) >= 11 is 0. The normalized spacial score (nSPS) is 12.9. The van der Waals surface area contributed by atoms with Gasteiger partial charge in [0.15, 0.2) is 0 Å². The van der Waals surface area contributed by atoms with E-state index in [1.54, 1.807) is 12.3 Å². The molecular weight excluding hydrogens is 138 g/mol. The predicted molar refractivity (Wildman–Crippen MR) is 45.9 cm³/mol. The quantitative estimate of drug-likeness (QED) is 0.664. The molecule has 0 spiro atoms. The zero-order chi connectivity index (χ0) is 8.27. The van der Waals surface area contributed by atoms with Crippen molar-refractivity contribution < 1.29 is 0 Å². The Morgan fingerprint density at radius 2 is 2.36 bits per heavy atom. The van der Waals surface area contributed by atoms with Crippen LogP contribution in [0.5, 0.6) is 0 Å². The molecule has 0 aliphatic heterocycles. The molecular formula is C8H13N3. The van der Waals surface area contributed by atoms with E-state index in [1.807, 2.05) is 13.0 Å². The molecule has 0 saturated heterocycles. The SMILES string of the molecule is CC[C@@H](N)c1ncccc1N. The molecule has 0 amide bonds. The van der Waals surface area contributed by atoms with Crippen LogP contribution in [0.4, 0.5) is 5.69 Å². The van der Waals surface area contributed by atoms with Gasteiger partial charge >= 0.3 is 0 Å². The van der Waals surface area contributed by atoms with Crippen molar-refractivity contribution in [2.45, 2.75) is 19.4 Å². The van der Waals surface area contributed by atoms with Crippen LogP contribution in [-0.2, 0) is 0 Å². The number of nitrogens with two attached hydrogens (primary N) is 2. The molecule has 60 valence electrons. The first-order valence-corrected chi connectivity index (χ1v) is 3.71. The Morgan fingerprint density at radius 1 is 1.64 bits per heavy atom. The lowest BCUT2D eigenvalue weighted by atomic mass is 10.1. The highest BCUT2D eigenvalue weighted by molar-refractivity contribution is 5.43. The number of hydrogen-bond acceptors (Lipinski definition) is 3. The summed E-state index contributed by atoms with van der Waals surface area (Å²) < 4.78 is 0. The van der Waals surface area contributed by atoms with E-state index in [2.05, 4.69) is 4.98 Å². The van der Waals surface area contributed by atoms with Gasteiger partial charge in [-0.05, 0) is 18.6 Å². The molecule has 0 aromatic carbocycles. The molecule has 0 fully saturated rings. The summed E-state index contributed by atoms with van der Waals surface area (Å²) in [5.74, 6) is 0. The number of nitrogens with zero attached hydrogens (tertiary/aromatic N) is 1. The average molecular weight is 151 g/mol. The van der Waals surface area contributed by atoms with E-state index >= 15 is 0 Å². The van der Waals surface area contributed by atoms with Gasteiger partial charge in [-0.15, -0.1) is 0 Å².